The Morgan fingerprint density at radius 2 is 1.79 bits per heavy atom. The Labute approximate surface area is 110 Å². The summed E-state index contributed by atoms with van der Waals surface area (Å²) < 4.78 is 37.2. The third-order valence-corrected chi connectivity index (χ3v) is 2.84. The van der Waals surface area contributed by atoms with Gasteiger partial charge in [-0.15, -0.1) is 0 Å². The van der Waals surface area contributed by atoms with Gasteiger partial charge in [0, 0.05) is 20.6 Å². The van der Waals surface area contributed by atoms with E-state index in [4.69, 9.17) is 5.73 Å². The van der Waals surface area contributed by atoms with E-state index in [1.54, 1.807) is 14.1 Å². The molecular formula is C13H17F3N2O. The largest absolute Gasteiger partial charge is 0.416 e. The molecule has 3 nitrogen and oxygen atoms in total. The molecule has 0 aliphatic rings. The molecule has 1 unspecified atom stereocenters. The third kappa shape index (κ3) is 4.24. The molecule has 0 heterocycles. The maximum Gasteiger partial charge on any atom is 0.416 e. The molecule has 0 aliphatic heterocycles. The van der Waals surface area contributed by atoms with Crippen molar-refractivity contribution in [1.29, 1.82) is 0 Å². The fourth-order valence-electron chi connectivity index (χ4n) is 1.75. The van der Waals surface area contributed by atoms with E-state index in [1.165, 1.54) is 17.0 Å². The monoisotopic (exact) mass is 274 g/mol. The zero-order chi connectivity index (χ0) is 14.6. The predicted octanol–water partition coefficient (Wildman–Crippen LogP) is 1.91. The van der Waals surface area contributed by atoms with Gasteiger partial charge in [0.2, 0.25) is 5.91 Å². The minimum absolute atomic E-state index is 0.123. The van der Waals surface area contributed by atoms with Crippen LogP contribution in [-0.4, -0.2) is 31.4 Å². The first-order chi connectivity index (χ1) is 8.75. The Kier molecular flexibility index (Phi) is 4.94. The zero-order valence-electron chi connectivity index (χ0n) is 10.9. The minimum Gasteiger partial charge on any atom is -0.349 e. The van der Waals surface area contributed by atoms with Crippen molar-refractivity contribution in [3.05, 3.63) is 35.4 Å². The van der Waals surface area contributed by atoms with Gasteiger partial charge in [0.15, 0.2) is 0 Å². The van der Waals surface area contributed by atoms with Crippen LogP contribution in [0.25, 0.3) is 0 Å². The quantitative estimate of drug-likeness (QED) is 0.911. The summed E-state index contributed by atoms with van der Waals surface area (Å²) in [6.07, 6.45) is -4.00. The lowest BCUT2D eigenvalue weighted by molar-refractivity contribution is -0.137. The molecule has 1 rings (SSSR count). The summed E-state index contributed by atoms with van der Waals surface area (Å²) in [6, 6.07) is 4.80. The van der Waals surface area contributed by atoms with Crippen LogP contribution in [0.1, 0.15) is 11.1 Å². The predicted molar refractivity (Wildman–Crippen MR) is 66.4 cm³/mol. The fourth-order valence-corrected chi connectivity index (χ4v) is 1.75. The molecule has 1 amide bonds. The van der Waals surface area contributed by atoms with E-state index >= 15 is 0 Å². The molecule has 19 heavy (non-hydrogen) atoms. The first-order valence-corrected chi connectivity index (χ1v) is 5.83. The summed E-state index contributed by atoms with van der Waals surface area (Å²) in [7, 11) is 3.25. The fraction of sp³-hybridized carbons (Fsp3) is 0.462. The Morgan fingerprint density at radius 1 is 1.26 bits per heavy atom. The Hall–Kier alpha value is -1.56. The van der Waals surface area contributed by atoms with Crippen LogP contribution < -0.4 is 5.73 Å². The molecule has 6 heteroatoms. The maximum absolute atomic E-state index is 12.4. The van der Waals surface area contributed by atoms with Gasteiger partial charge in [0.25, 0.3) is 0 Å². The lowest BCUT2D eigenvalue weighted by Crippen LogP contribution is -2.35. The van der Waals surface area contributed by atoms with E-state index in [0.717, 1.165) is 12.1 Å². The highest BCUT2D eigenvalue weighted by Gasteiger charge is 2.30. The standard InChI is InChI=1S/C13H17F3N2O/c1-18(2)12(19)10(8-17)7-9-3-5-11(6-4-9)13(14,15)16/h3-6,10H,7-8,17H2,1-2H3. The number of nitrogens with zero attached hydrogens (tertiary/aromatic N) is 1. The number of rotatable bonds is 4. The van der Waals surface area contributed by atoms with Gasteiger partial charge in [-0.1, -0.05) is 12.1 Å². The van der Waals surface area contributed by atoms with Crippen molar-refractivity contribution in [3.8, 4) is 0 Å². The van der Waals surface area contributed by atoms with Gasteiger partial charge in [-0.2, -0.15) is 13.2 Å². The molecule has 0 bridgehead atoms. The van der Waals surface area contributed by atoms with Gasteiger partial charge in [-0.3, -0.25) is 4.79 Å². The molecule has 2 N–H and O–H groups in total. The first-order valence-electron chi connectivity index (χ1n) is 5.83. The van der Waals surface area contributed by atoms with Crippen LogP contribution >= 0.6 is 0 Å². The average molecular weight is 274 g/mol. The summed E-state index contributed by atoms with van der Waals surface area (Å²) in [5, 5.41) is 0. The van der Waals surface area contributed by atoms with E-state index in [-0.39, 0.29) is 12.5 Å². The highest BCUT2D eigenvalue weighted by atomic mass is 19.4. The number of hydrogen-bond acceptors (Lipinski definition) is 2. The molecule has 0 saturated heterocycles. The van der Waals surface area contributed by atoms with Crippen LogP contribution in [0.3, 0.4) is 0 Å². The molecule has 106 valence electrons. The van der Waals surface area contributed by atoms with Crippen molar-refractivity contribution >= 4 is 5.91 Å². The summed E-state index contributed by atoms with van der Waals surface area (Å²) in [4.78, 5) is 13.2. The molecule has 0 spiro atoms. The molecule has 0 fully saturated rings. The number of benzene rings is 1. The van der Waals surface area contributed by atoms with E-state index in [9.17, 15) is 18.0 Å². The van der Waals surface area contributed by atoms with Gasteiger partial charge in [0.1, 0.15) is 0 Å². The molecule has 0 saturated carbocycles. The SMILES string of the molecule is CN(C)C(=O)C(CN)Cc1ccc(C(F)(F)F)cc1. The van der Waals surface area contributed by atoms with E-state index in [0.29, 0.717) is 12.0 Å². The zero-order valence-corrected chi connectivity index (χ0v) is 10.9. The second-order valence-corrected chi connectivity index (χ2v) is 4.56. The normalized spacial score (nSPS) is 13.2. The summed E-state index contributed by atoms with van der Waals surface area (Å²) >= 11 is 0. The number of carbonyl (C=O) groups is 1. The molecule has 1 aromatic carbocycles. The third-order valence-electron chi connectivity index (χ3n) is 2.84. The first kappa shape index (κ1) is 15.5. The van der Waals surface area contributed by atoms with Crippen LogP contribution in [0.4, 0.5) is 13.2 Å². The molecule has 0 radical (unpaired) electrons. The van der Waals surface area contributed by atoms with E-state index < -0.39 is 17.7 Å². The number of carbonyl (C=O) groups excluding carboxylic acids is 1. The van der Waals surface area contributed by atoms with Crippen molar-refractivity contribution in [2.45, 2.75) is 12.6 Å². The van der Waals surface area contributed by atoms with Crippen LogP contribution in [0, 0.1) is 5.92 Å². The van der Waals surface area contributed by atoms with Crippen molar-refractivity contribution in [3.63, 3.8) is 0 Å². The van der Waals surface area contributed by atoms with Gasteiger partial charge < -0.3 is 10.6 Å². The molecule has 0 aliphatic carbocycles. The minimum atomic E-state index is -4.34. The second kappa shape index (κ2) is 6.06. The second-order valence-electron chi connectivity index (χ2n) is 4.56. The van der Waals surface area contributed by atoms with Crippen LogP contribution in [-0.2, 0) is 17.4 Å². The van der Waals surface area contributed by atoms with E-state index in [2.05, 4.69) is 0 Å². The highest BCUT2D eigenvalue weighted by molar-refractivity contribution is 5.78. The maximum atomic E-state index is 12.4. The number of amides is 1. The highest BCUT2D eigenvalue weighted by Crippen LogP contribution is 2.29. The topological polar surface area (TPSA) is 46.3 Å². The van der Waals surface area contributed by atoms with Crippen molar-refractivity contribution in [2.75, 3.05) is 20.6 Å². The summed E-state index contributed by atoms with van der Waals surface area (Å²) in [6.45, 7) is 0.165. The van der Waals surface area contributed by atoms with Gasteiger partial charge in [-0.05, 0) is 24.1 Å². The van der Waals surface area contributed by atoms with E-state index in [1.807, 2.05) is 0 Å². The van der Waals surface area contributed by atoms with Gasteiger partial charge in [-0.25, -0.2) is 0 Å². The number of nitrogens with two attached hydrogens (primary N) is 1. The van der Waals surface area contributed by atoms with Gasteiger partial charge in [0.05, 0.1) is 11.5 Å². The summed E-state index contributed by atoms with van der Waals surface area (Å²) in [5.74, 6) is -0.533. The lowest BCUT2D eigenvalue weighted by Gasteiger charge is -2.19. The number of alkyl halides is 3. The lowest BCUT2D eigenvalue weighted by atomic mass is 9.97. The molecule has 1 atom stereocenters. The number of halogens is 3. The smallest absolute Gasteiger partial charge is 0.349 e. The van der Waals surface area contributed by atoms with Crippen molar-refractivity contribution in [1.82, 2.24) is 4.90 Å². The van der Waals surface area contributed by atoms with Crippen LogP contribution in [0.15, 0.2) is 24.3 Å². The van der Waals surface area contributed by atoms with Crippen molar-refractivity contribution in [2.24, 2.45) is 11.7 Å². The number of hydrogen-bond donors (Lipinski definition) is 1. The molecular weight excluding hydrogens is 257 g/mol. The average Bonchev–Trinajstić information content (AvgIpc) is 2.34. The Balaban J connectivity index is 2.79. The van der Waals surface area contributed by atoms with Crippen molar-refractivity contribution < 1.29 is 18.0 Å². The molecule has 0 aromatic heterocycles. The molecule has 1 aromatic rings. The van der Waals surface area contributed by atoms with Crippen LogP contribution in [0.5, 0.6) is 0 Å². The Bertz CT molecular complexity index is 427. The Morgan fingerprint density at radius 3 is 2.16 bits per heavy atom. The van der Waals surface area contributed by atoms with Gasteiger partial charge >= 0.3 is 6.18 Å². The van der Waals surface area contributed by atoms with Crippen LogP contribution in [0.2, 0.25) is 0 Å². The summed E-state index contributed by atoms with van der Waals surface area (Å²) in [5.41, 5.74) is 5.50.